The molecule has 0 saturated carbocycles. The lowest BCUT2D eigenvalue weighted by molar-refractivity contribution is -0.140. The van der Waals surface area contributed by atoms with Gasteiger partial charge in [0.1, 0.15) is 8.24 Å². The number of ether oxygens (including phenoxy) is 1. The average molecular weight is 334 g/mol. The van der Waals surface area contributed by atoms with Crippen LogP contribution < -0.4 is 0 Å². The molecule has 0 aliphatic rings. The molecule has 0 unspecified atom stereocenters. The highest BCUT2D eigenvalue weighted by molar-refractivity contribution is 6.73. The SMILES string of the molecule is CCO[Si](C)(C)CCCN(CCCC(=O)OC)[Si](C)(C)C. The Hall–Kier alpha value is -0.176. The third-order valence-corrected chi connectivity index (χ3v) is 8.70. The Morgan fingerprint density at radius 2 is 1.62 bits per heavy atom. The van der Waals surface area contributed by atoms with E-state index in [2.05, 4.69) is 44.2 Å². The van der Waals surface area contributed by atoms with Crippen molar-refractivity contribution < 1.29 is 14.0 Å². The molecule has 0 atom stereocenters. The van der Waals surface area contributed by atoms with Crippen molar-refractivity contribution in [3.63, 3.8) is 0 Å². The van der Waals surface area contributed by atoms with Crippen molar-refractivity contribution in [3.8, 4) is 0 Å². The second kappa shape index (κ2) is 9.76. The molecule has 0 N–H and O–H groups in total. The number of rotatable bonds is 11. The van der Waals surface area contributed by atoms with Gasteiger partial charge < -0.3 is 13.7 Å². The molecule has 0 aliphatic carbocycles. The van der Waals surface area contributed by atoms with Crippen LogP contribution in [-0.2, 0) is 14.0 Å². The standard InChI is InChI=1S/C15H35NO3Si2/c1-8-19-21(6,7)14-10-13-16(20(3,4)5)12-9-11-15(17)18-2/h8-14H2,1-7H3. The highest BCUT2D eigenvalue weighted by atomic mass is 28.4. The zero-order valence-electron chi connectivity index (χ0n) is 15.1. The molecule has 0 heterocycles. The topological polar surface area (TPSA) is 38.8 Å². The van der Waals surface area contributed by atoms with E-state index in [9.17, 15) is 4.79 Å². The van der Waals surface area contributed by atoms with Gasteiger partial charge in [-0.3, -0.25) is 4.79 Å². The van der Waals surface area contributed by atoms with Crippen molar-refractivity contribution in [1.82, 2.24) is 4.57 Å². The zero-order valence-corrected chi connectivity index (χ0v) is 17.1. The third kappa shape index (κ3) is 10.2. The van der Waals surface area contributed by atoms with Crippen LogP contribution in [0.1, 0.15) is 26.2 Å². The summed E-state index contributed by atoms with van der Waals surface area (Å²) in [6.07, 6.45) is 2.61. The smallest absolute Gasteiger partial charge is 0.305 e. The Morgan fingerprint density at radius 3 is 2.10 bits per heavy atom. The van der Waals surface area contributed by atoms with Crippen LogP contribution in [0.15, 0.2) is 0 Å². The predicted octanol–water partition coefficient (Wildman–Crippen LogP) is 3.71. The second-order valence-corrected chi connectivity index (χ2v) is 16.4. The summed E-state index contributed by atoms with van der Waals surface area (Å²) in [4.78, 5) is 11.2. The molecule has 0 radical (unpaired) electrons. The van der Waals surface area contributed by atoms with Crippen molar-refractivity contribution in [2.45, 2.75) is 65.0 Å². The lowest BCUT2D eigenvalue weighted by atomic mass is 10.3. The first-order chi connectivity index (χ1) is 9.62. The van der Waals surface area contributed by atoms with E-state index < -0.39 is 16.6 Å². The summed E-state index contributed by atoms with van der Waals surface area (Å²) < 4.78 is 13.2. The molecule has 6 heteroatoms. The monoisotopic (exact) mass is 333 g/mol. The van der Waals surface area contributed by atoms with E-state index >= 15 is 0 Å². The number of hydrogen-bond acceptors (Lipinski definition) is 4. The van der Waals surface area contributed by atoms with Gasteiger partial charge in [0, 0.05) is 13.0 Å². The zero-order chi connectivity index (χ0) is 16.5. The van der Waals surface area contributed by atoms with Crippen LogP contribution in [0.5, 0.6) is 0 Å². The number of carbonyl (C=O) groups excluding carboxylic acids is 1. The van der Waals surface area contributed by atoms with Crippen molar-refractivity contribution in [1.29, 1.82) is 0 Å². The summed E-state index contributed by atoms with van der Waals surface area (Å²) in [6, 6.07) is 1.21. The van der Waals surface area contributed by atoms with E-state index in [1.165, 1.54) is 19.6 Å². The minimum absolute atomic E-state index is 0.101. The molecular weight excluding hydrogens is 298 g/mol. The van der Waals surface area contributed by atoms with Crippen molar-refractivity contribution in [2.24, 2.45) is 0 Å². The number of methoxy groups -OCH3 is 1. The molecule has 0 aromatic heterocycles. The summed E-state index contributed by atoms with van der Waals surface area (Å²) in [5, 5.41) is 0. The van der Waals surface area contributed by atoms with E-state index in [4.69, 9.17) is 9.16 Å². The molecule has 0 aromatic rings. The Balaban J connectivity index is 4.23. The number of esters is 1. The third-order valence-electron chi connectivity index (χ3n) is 3.73. The summed E-state index contributed by atoms with van der Waals surface area (Å²) in [7, 11) is -1.34. The first-order valence-corrected chi connectivity index (χ1v) is 14.6. The fourth-order valence-corrected chi connectivity index (χ4v) is 6.05. The molecule has 0 spiro atoms. The second-order valence-electron chi connectivity index (χ2n) is 7.13. The lowest BCUT2D eigenvalue weighted by Crippen LogP contribution is -2.47. The summed E-state index contributed by atoms with van der Waals surface area (Å²) >= 11 is 0. The molecule has 0 rings (SSSR count). The minimum atomic E-state index is -1.47. The molecule has 0 bridgehead atoms. The normalized spacial score (nSPS) is 12.8. The number of carbonyl (C=O) groups is 1. The van der Waals surface area contributed by atoms with Crippen molar-refractivity contribution >= 4 is 22.5 Å². The Kier molecular flexibility index (Phi) is 9.68. The summed E-state index contributed by atoms with van der Waals surface area (Å²) in [5.41, 5.74) is 0. The van der Waals surface area contributed by atoms with E-state index in [0.717, 1.165) is 26.1 Å². The average Bonchev–Trinajstić information content (AvgIpc) is 2.35. The maximum absolute atomic E-state index is 11.2. The first-order valence-electron chi connectivity index (χ1n) is 8.08. The maximum Gasteiger partial charge on any atom is 0.305 e. The van der Waals surface area contributed by atoms with Gasteiger partial charge >= 0.3 is 5.97 Å². The lowest BCUT2D eigenvalue weighted by Gasteiger charge is -2.35. The van der Waals surface area contributed by atoms with Gasteiger partial charge in [-0.05, 0) is 52.0 Å². The fourth-order valence-electron chi connectivity index (χ4n) is 2.46. The van der Waals surface area contributed by atoms with Gasteiger partial charge in [-0.1, -0.05) is 19.6 Å². The van der Waals surface area contributed by atoms with Crippen molar-refractivity contribution in [2.75, 3.05) is 26.8 Å². The Bertz CT molecular complexity index is 304. The number of nitrogens with zero attached hydrogens (tertiary/aromatic N) is 1. The molecule has 0 amide bonds. The van der Waals surface area contributed by atoms with Gasteiger partial charge in [-0.15, -0.1) is 0 Å². The molecule has 21 heavy (non-hydrogen) atoms. The molecule has 0 saturated heterocycles. The largest absolute Gasteiger partial charge is 0.469 e. The quantitative estimate of drug-likeness (QED) is 0.427. The highest BCUT2D eigenvalue weighted by Gasteiger charge is 2.26. The van der Waals surface area contributed by atoms with Crippen LogP contribution in [0, 0.1) is 0 Å². The van der Waals surface area contributed by atoms with Gasteiger partial charge in [0.15, 0.2) is 8.32 Å². The van der Waals surface area contributed by atoms with E-state index in [1.807, 2.05) is 0 Å². The van der Waals surface area contributed by atoms with Crippen LogP contribution in [-0.4, -0.2) is 53.9 Å². The number of hydrogen-bond donors (Lipinski definition) is 0. The van der Waals surface area contributed by atoms with Gasteiger partial charge in [-0.2, -0.15) is 0 Å². The molecule has 0 aliphatic heterocycles. The molecule has 0 fully saturated rings. The fraction of sp³-hybridized carbons (Fsp3) is 0.933. The molecule has 126 valence electrons. The van der Waals surface area contributed by atoms with Gasteiger partial charge in [0.2, 0.25) is 0 Å². The summed E-state index contributed by atoms with van der Waals surface area (Å²) in [5.74, 6) is -0.101. The molecule has 4 nitrogen and oxygen atoms in total. The molecular formula is C15H35NO3Si2. The van der Waals surface area contributed by atoms with Crippen LogP contribution in [0.25, 0.3) is 0 Å². The van der Waals surface area contributed by atoms with Gasteiger partial charge in [0.05, 0.1) is 7.11 Å². The van der Waals surface area contributed by atoms with E-state index in [0.29, 0.717) is 6.42 Å². The van der Waals surface area contributed by atoms with Crippen LogP contribution in [0.4, 0.5) is 0 Å². The maximum atomic E-state index is 11.2. The van der Waals surface area contributed by atoms with Crippen LogP contribution in [0.2, 0.25) is 38.8 Å². The van der Waals surface area contributed by atoms with Crippen LogP contribution >= 0.6 is 0 Å². The van der Waals surface area contributed by atoms with E-state index in [-0.39, 0.29) is 5.97 Å². The Morgan fingerprint density at radius 1 is 1.05 bits per heavy atom. The van der Waals surface area contributed by atoms with Crippen LogP contribution in [0.3, 0.4) is 0 Å². The van der Waals surface area contributed by atoms with Gasteiger partial charge in [-0.25, -0.2) is 0 Å². The van der Waals surface area contributed by atoms with Gasteiger partial charge in [0.25, 0.3) is 0 Å². The highest BCUT2D eigenvalue weighted by Crippen LogP contribution is 2.17. The minimum Gasteiger partial charge on any atom is -0.469 e. The molecule has 0 aromatic carbocycles. The van der Waals surface area contributed by atoms with Crippen molar-refractivity contribution in [3.05, 3.63) is 0 Å². The van der Waals surface area contributed by atoms with E-state index in [1.54, 1.807) is 0 Å². The Labute approximate surface area is 133 Å². The summed E-state index contributed by atoms with van der Waals surface area (Å²) in [6.45, 7) is 16.7. The predicted molar refractivity (Wildman–Crippen MR) is 94.7 cm³/mol. The first kappa shape index (κ1) is 20.8.